The lowest BCUT2D eigenvalue weighted by Gasteiger charge is -2.22. The molecule has 141 heavy (non-hydrogen) atoms. The van der Waals surface area contributed by atoms with E-state index in [1.54, 1.807) is 0 Å². The molecule has 0 amide bonds. The molecule has 0 atom stereocenters. The number of aromatic nitrogens is 9. The summed E-state index contributed by atoms with van der Waals surface area (Å²) in [5, 5.41) is 6.93. The Hall–Kier alpha value is -17.6. The van der Waals surface area contributed by atoms with Gasteiger partial charge in [-0.25, -0.2) is 44.9 Å². The van der Waals surface area contributed by atoms with E-state index in [4.69, 9.17) is 58.1 Å². The zero-order chi connectivity index (χ0) is 94.7. The van der Waals surface area contributed by atoms with Gasteiger partial charge in [0.1, 0.15) is 33.5 Å². The van der Waals surface area contributed by atoms with Gasteiger partial charge in [-0.1, -0.05) is 413 Å². The topological polar surface area (TPSA) is 155 Å². The number of hydrogen-bond donors (Lipinski definition) is 0. The molecule has 0 unspecified atom stereocenters. The third kappa shape index (κ3) is 13.7. The van der Waals surface area contributed by atoms with Crippen LogP contribution in [0.5, 0.6) is 0 Å². The first-order valence-corrected chi connectivity index (χ1v) is 48.2. The van der Waals surface area contributed by atoms with Gasteiger partial charge in [0.15, 0.2) is 52.4 Å². The van der Waals surface area contributed by atoms with E-state index < -0.39 is 0 Å². The number of fused-ring (bicyclic) bond motifs is 24. The van der Waals surface area contributed by atoms with Crippen LogP contribution in [-0.4, -0.2) is 44.9 Å². The third-order valence-electron chi connectivity index (χ3n) is 29.6. The van der Waals surface area contributed by atoms with Gasteiger partial charge in [-0.2, -0.15) is 0 Å². The van der Waals surface area contributed by atoms with Gasteiger partial charge >= 0.3 is 0 Å². The molecule has 12 heteroatoms. The maximum Gasteiger partial charge on any atom is 0.164 e. The maximum absolute atomic E-state index is 6.60. The summed E-state index contributed by atoms with van der Waals surface area (Å²) in [5.74, 6) is 5.91. The van der Waals surface area contributed by atoms with Crippen LogP contribution in [0.1, 0.15) is 99.9 Å². The summed E-state index contributed by atoms with van der Waals surface area (Å²) >= 11 is 0. The fourth-order valence-corrected chi connectivity index (χ4v) is 22.7. The molecular weight excluding hydrogens is 1720 g/mol. The van der Waals surface area contributed by atoms with Crippen LogP contribution in [0.15, 0.2) is 420 Å². The predicted octanol–water partition coefficient (Wildman–Crippen LogP) is 32.9. The van der Waals surface area contributed by atoms with Gasteiger partial charge < -0.3 is 13.3 Å². The molecule has 0 aliphatic heterocycles. The molecule has 0 spiro atoms. The van der Waals surface area contributed by atoms with Crippen molar-refractivity contribution in [3.05, 3.63) is 451 Å². The molecule has 6 heterocycles. The smallest absolute Gasteiger partial charge is 0.164 e. The van der Waals surface area contributed by atoms with Crippen LogP contribution in [0.25, 0.3) is 235 Å². The fraction of sp³-hybridized carbons (Fsp3) is 0.0930. The van der Waals surface area contributed by atoms with Crippen LogP contribution in [-0.2, 0) is 21.7 Å². The summed E-state index contributed by atoms with van der Waals surface area (Å²) in [6, 6.07) is 141. The molecule has 12 nitrogen and oxygen atoms in total. The highest BCUT2D eigenvalue weighted by Crippen LogP contribution is 2.60. The van der Waals surface area contributed by atoms with Crippen molar-refractivity contribution < 1.29 is 13.3 Å². The largest absolute Gasteiger partial charge is 0.456 e. The first-order valence-electron chi connectivity index (χ1n) is 48.2. The fourth-order valence-electron chi connectivity index (χ4n) is 22.7. The molecule has 0 radical (unpaired) electrons. The summed E-state index contributed by atoms with van der Waals surface area (Å²) in [6.07, 6.45) is 0. The number of nitrogens with zero attached hydrogens (tertiary/aromatic N) is 9. The second-order valence-electron chi connectivity index (χ2n) is 39.3. The van der Waals surface area contributed by atoms with Crippen molar-refractivity contribution in [2.75, 3.05) is 0 Å². The van der Waals surface area contributed by atoms with E-state index >= 15 is 0 Å². The average molecular weight is 1820 g/mol. The Labute approximate surface area is 815 Å². The van der Waals surface area contributed by atoms with Crippen molar-refractivity contribution in [2.45, 2.75) is 77.0 Å². The van der Waals surface area contributed by atoms with Crippen molar-refractivity contribution in [2.24, 2.45) is 0 Å². The standard InChI is InChI=1S/C45H33N3O.2C42H29N3O/c1-44(2)34-18-10-8-15-28(34)29-22-21-27(25-36(29)44)42-46-41(26-13-6-5-7-14-26)47-43(48-42)33-17-12-19-35-38(33)32-24-23-31-30-16-9-11-20-37(30)49-40(31)39(32)45(35,3)4;1-42(2)34-21-12-20-30(36(34)33-24-23-32-31-19-9-10-22-35(31)46-38(32)37(33)42)28-17-11-18-29(25-28)41-44-39(26-13-5-3-6-14-26)43-40(45-41)27-15-7-4-8-16-27;1-42(2)34-18-11-17-30(36(34)33-25-24-32-31-16-9-10-19-35(31)46-38(32)37(33)42)26-20-22-29(23-21-26)41-44-39(27-12-5-3-6-13-27)43-40(45-41)28-14-7-4-8-15-28/h5-25H,1-4H3;2*3-25H,1-2H3. The average Bonchev–Trinajstić information content (AvgIpc) is 1.55. The number of para-hydroxylation sites is 3. The Morgan fingerprint density at radius 1 is 0.156 bits per heavy atom. The Balaban J connectivity index is 0.000000109. The molecular formula is C129H91N9O3. The first kappa shape index (κ1) is 83.9. The van der Waals surface area contributed by atoms with Gasteiger partial charge in [0.25, 0.3) is 0 Å². The van der Waals surface area contributed by atoms with Crippen LogP contribution in [0.4, 0.5) is 0 Å². The summed E-state index contributed by atoms with van der Waals surface area (Å²) in [7, 11) is 0. The molecule has 0 bridgehead atoms. The minimum Gasteiger partial charge on any atom is -0.456 e. The maximum atomic E-state index is 6.60. The van der Waals surface area contributed by atoms with Crippen LogP contribution < -0.4 is 0 Å². The first-order chi connectivity index (χ1) is 68.9. The van der Waals surface area contributed by atoms with Crippen molar-refractivity contribution in [3.8, 4) is 169 Å². The van der Waals surface area contributed by atoms with Gasteiger partial charge in [0, 0.05) is 121 Å². The minimum atomic E-state index is -0.285. The summed E-state index contributed by atoms with van der Waals surface area (Å²) in [5.41, 5.74) is 38.2. The molecule has 18 aromatic carbocycles. The van der Waals surface area contributed by atoms with Crippen molar-refractivity contribution in [1.29, 1.82) is 0 Å². The second-order valence-corrected chi connectivity index (χ2v) is 39.3. The number of rotatable bonds is 11. The lowest BCUT2D eigenvalue weighted by atomic mass is 9.81. The zero-order valence-electron chi connectivity index (χ0n) is 78.9. The van der Waals surface area contributed by atoms with E-state index in [0.717, 1.165) is 127 Å². The van der Waals surface area contributed by atoms with E-state index in [1.807, 2.05) is 158 Å². The molecule has 24 aromatic rings. The lowest BCUT2D eigenvalue weighted by Crippen LogP contribution is -2.15. The highest BCUT2D eigenvalue weighted by Gasteiger charge is 2.45. The predicted molar refractivity (Wildman–Crippen MR) is 571 cm³/mol. The Bertz CT molecular complexity index is 9100. The van der Waals surface area contributed by atoms with E-state index in [2.05, 4.69) is 304 Å². The molecule has 0 saturated carbocycles. The quantitative estimate of drug-likeness (QED) is 0.121. The zero-order valence-corrected chi connectivity index (χ0v) is 78.9. The summed E-state index contributed by atoms with van der Waals surface area (Å²) in [6.45, 7) is 18.5. The van der Waals surface area contributed by atoms with Crippen molar-refractivity contribution in [3.63, 3.8) is 0 Å². The Kier molecular flexibility index (Phi) is 19.4. The SMILES string of the molecule is CC1(C)c2cccc(-c3ccc(-c4nc(-c5ccccc5)nc(-c5ccccc5)n4)cc3)c2-c2ccc3c(oc4ccccc43)c21.CC1(C)c2cccc(-c3cccc(-c4nc(-c5ccccc5)nc(-c5ccccc5)n4)c3)c2-c2ccc3c(oc4ccccc43)c21.CC1(C)c2ccccc2-c2ccc(-c3nc(-c4ccccc4)nc(-c4cccc5c4-c4ccc6c(oc7ccccc76)c4C5(C)C)n3)cc21. The van der Waals surface area contributed by atoms with Crippen LogP contribution in [0.3, 0.4) is 0 Å². The molecule has 6 aromatic heterocycles. The van der Waals surface area contributed by atoms with Gasteiger partial charge in [0.05, 0.1) is 0 Å². The minimum absolute atomic E-state index is 0.127. The Morgan fingerprint density at radius 2 is 0.411 bits per heavy atom. The van der Waals surface area contributed by atoms with E-state index in [-0.39, 0.29) is 21.7 Å². The molecule has 0 saturated heterocycles. The number of furan rings is 3. The highest BCUT2D eigenvalue weighted by atomic mass is 16.3. The van der Waals surface area contributed by atoms with Gasteiger partial charge in [0.2, 0.25) is 0 Å². The van der Waals surface area contributed by atoms with Crippen molar-refractivity contribution in [1.82, 2.24) is 44.9 Å². The monoisotopic (exact) mass is 1810 g/mol. The molecule has 0 fully saturated rings. The van der Waals surface area contributed by atoms with E-state index in [9.17, 15) is 0 Å². The number of hydrogen-bond acceptors (Lipinski definition) is 12. The van der Waals surface area contributed by atoms with Gasteiger partial charge in [-0.05, 0) is 143 Å². The molecule has 4 aliphatic rings. The number of benzene rings is 18. The van der Waals surface area contributed by atoms with Crippen molar-refractivity contribution >= 4 is 65.8 Å². The Morgan fingerprint density at radius 3 is 0.809 bits per heavy atom. The third-order valence-corrected chi connectivity index (χ3v) is 29.6. The van der Waals surface area contributed by atoms with Crippen LogP contribution in [0.2, 0.25) is 0 Å². The van der Waals surface area contributed by atoms with Crippen LogP contribution in [0, 0.1) is 0 Å². The van der Waals surface area contributed by atoms with Gasteiger partial charge in [-0.3, -0.25) is 0 Å². The highest BCUT2D eigenvalue weighted by molar-refractivity contribution is 6.13. The summed E-state index contributed by atoms with van der Waals surface area (Å²) < 4.78 is 19.7. The lowest BCUT2D eigenvalue weighted by molar-refractivity contribution is 0.619. The van der Waals surface area contributed by atoms with Crippen LogP contribution >= 0.6 is 0 Å². The molecule has 670 valence electrons. The summed E-state index contributed by atoms with van der Waals surface area (Å²) in [4.78, 5) is 45.1. The normalized spacial score (nSPS) is 13.8. The molecule has 0 N–H and O–H groups in total. The second kappa shape index (κ2) is 32.5. The molecule has 28 rings (SSSR count). The van der Waals surface area contributed by atoms with Gasteiger partial charge in [-0.15, -0.1) is 0 Å². The molecule has 4 aliphatic carbocycles. The van der Waals surface area contributed by atoms with E-state index in [1.165, 1.54) is 100.0 Å². The van der Waals surface area contributed by atoms with E-state index in [0.29, 0.717) is 52.4 Å².